The van der Waals surface area contributed by atoms with Gasteiger partial charge in [-0.1, -0.05) is 18.2 Å². The maximum Gasteiger partial charge on any atom is 0.238 e. The Bertz CT molecular complexity index is 902. The number of rotatable bonds is 7. The van der Waals surface area contributed by atoms with Gasteiger partial charge in [0.05, 0.1) is 32.5 Å². The molecule has 1 N–H and O–H groups in total. The summed E-state index contributed by atoms with van der Waals surface area (Å²) >= 11 is 0. The second kappa shape index (κ2) is 8.14. The Kier molecular flexibility index (Phi) is 5.66. The second-order valence-electron chi connectivity index (χ2n) is 6.39. The fourth-order valence-electron chi connectivity index (χ4n) is 2.89. The van der Waals surface area contributed by atoms with Gasteiger partial charge < -0.3 is 19.2 Å². The van der Waals surface area contributed by atoms with Gasteiger partial charge in [-0.05, 0) is 38.2 Å². The Morgan fingerprint density at radius 2 is 1.93 bits per heavy atom. The van der Waals surface area contributed by atoms with Gasteiger partial charge in [-0.3, -0.25) is 9.69 Å². The van der Waals surface area contributed by atoms with Gasteiger partial charge in [-0.15, -0.1) is 0 Å². The monoisotopic (exact) mass is 368 g/mol. The molecule has 1 atom stereocenters. The quantitative estimate of drug-likeness (QED) is 0.681. The van der Waals surface area contributed by atoms with E-state index in [1.54, 1.807) is 32.4 Å². The smallest absolute Gasteiger partial charge is 0.238 e. The molecule has 0 fully saturated rings. The van der Waals surface area contributed by atoms with Gasteiger partial charge >= 0.3 is 0 Å². The lowest BCUT2D eigenvalue weighted by atomic mass is 10.2. The summed E-state index contributed by atoms with van der Waals surface area (Å²) in [5, 5.41) is 3.94. The molecule has 0 radical (unpaired) electrons. The van der Waals surface area contributed by atoms with Crippen molar-refractivity contribution in [3.8, 4) is 11.5 Å². The zero-order valence-corrected chi connectivity index (χ0v) is 16.0. The first-order valence-electron chi connectivity index (χ1n) is 8.72. The van der Waals surface area contributed by atoms with E-state index in [0.29, 0.717) is 17.2 Å². The Hall–Kier alpha value is -2.99. The summed E-state index contributed by atoms with van der Waals surface area (Å²) < 4.78 is 16.4. The van der Waals surface area contributed by atoms with Crippen LogP contribution >= 0.6 is 0 Å². The normalized spacial score (nSPS) is 12.2. The highest BCUT2D eigenvalue weighted by atomic mass is 16.5. The molecule has 0 spiro atoms. The summed E-state index contributed by atoms with van der Waals surface area (Å²) in [7, 11) is 5.03. The third-order valence-corrected chi connectivity index (χ3v) is 4.59. The van der Waals surface area contributed by atoms with Crippen LogP contribution in [0.15, 0.2) is 52.9 Å². The molecule has 0 aliphatic carbocycles. The minimum Gasteiger partial charge on any atom is -0.497 e. The van der Waals surface area contributed by atoms with E-state index in [9.17, 15) is 4.79 Å². The number of fused-ring (bicyclic) bond motifs is 1. The summed E-state index contributed by atoms with van der Waals surface area (Å²) in [6, 6.07) is 15.1. The maximum atomic E-state index is 12.5. The SMILES string of the molecule is COc1ccc(OC)c(NC(=O)CN(C)[C@H](C)c2cc3ccccc3o2)c1. The van der Waals surface area contributed by atoms with Crippen LogP contribution in [-0.2, 0) is 4.79 Å². The molecule has 27 heavy (non-hydrogen) atoms. The van der Waals surface area contributed by atoms with E-state index in [1.807, 2.05) is 49.2 Å². The number of hydrogen-bond donors (Lipinski definition) is 1. The van der Waals surface area contributed by atoms with Crippen LogP contribution in [0.4, 0.5) is 5.69 Å². The number of para-hydroxylation sites is 1. The minimum absolute atomic E-state index is 0.0460. The molecule has 0 aliphatic heterocycles. The zero-order chi connectivity index (χ0) is 19.4. The number of nitrogens with zero attached hydrogens (tertiary/aromatic N) is 1. The molecule has 6 nitrogen and oxygen atoms in total. The van der Waals surface area contributed by atoms with Crippen LogP contribution < -0.4 is 14.8 Å². The highest BCUT2D eigenvalue weighted by Crippen LogP contribution is 2.29. The van der Waals surface area contributed by atoms with Crippen LogP contribution in [-0.4, -0.2) is 38.6 Å². The van der Waals surface area contributed by atoms with E-state index in [-0.39, 0.29) is 18.5 Å². The van der Waals surface area contributed by atoms with E-state index in [1.165, 1.54) is 0 Å². The topological polar surface area (TPSA) is 63.9 Å². The van der Waals surface area contributed by atoms with Gasteiger partial charge in [0.25, 0.3) is 0 Å². The van der Waals surface area contributed by atoms with Crippen molar-refractivity contribution in [1.82, 2.24) is 4.90 Å². The molecule has 0 unspecified atom stereocenters. The van der Waals surface area contributed by atoms with Crippen molar-refractivity contribution >= 4 is 22.6 Å². The van der Waals surface area contributed by atoms with Crippen LogP contribution in [0, 0.1) is 0 Å². The number of benzene rings is 2. The van der Waals surface area contributed by atoms with Crippen molar-refractivity contribution < 1.29 is 18.7 Å². The van der Waals surface area contributed by atoms with E-state index in [4.69, 9.17) is 13.9 Å². The molecule has 0 bridgehead atoms. The molecule has 0 saturated heterocycles. The predicted molar refractivity (Wildman–Crippen MR) is 105 cm³/mol. The molecule has 2 aromatic carbocycles. The molecule has 3 rings (SSSR count). The average Bonchev–Trinajstić information content (AvgIpc) is 3.11. The Labute approximate surface area is 158 Å². The number of hydrogen-bond acceptors (Lipinski definition) is 5. The van der Waals surface area contributed by atoms with Gasteiger partial charge in [-0.2, -0.15) is 0 Å². The number of furan rings is 1. The van der Waals surface area contributed by atoms with E-state index < -0.39 is 0 Å². The molecule has 1 amide bonds. The van der Waals surface area contributed by atoms with E-state index in [2.05, 4.69) is 5.32 Å². The molecule has 3 aromatic rings. The largest absolute Gasteiger partial charge is 0.497 e. The molecule has 1 aromatic heterocycles. The van der Waals surface area contributed by atoms with Crippen molar-refractivity contribution in [3.63, 3.8) is 0 Å². The lowest BCUT2D eigenvalue weighted by Crippen LogP contribution is -2.32. The first-order chi connectivity index (χ1) is 13.0. The predicted octanol–water partition coefficient (Wildman–Crippen LogP) is 4.08. The molecule has 1 heterocycles. The van der Waals surface area contributed by atoms with Gasteiger partial charge in [0, 0.05) is 11.5 Å². The third kappa shape index (κ3) is 4.23. The molecular weight excluding hydrogens is 344 g/mol. The number of anilines is 1. The standard InChI is InChI=1S/C21H24N2O4/c1-14(20-11-15-7-5-6-8-18(15)27-20)23(2)13-21(24)22-17-12-16(25-3)9-10-19(17)26-4/h5-12,14H,13H2,1-4H3,(H,22,24)/t14-/m1/s1. The number of carbonyl (C=O) groups is 1. The van der Waals surface area contributed by atoms with Crippen molar-refractivity contribution in [1.29, 1.82) is 0 Å². The number of amides is 1. The van der Waals surface area contributed by atoms with E-state index in [0.717, 1.165) is 16.7 Å². The lowest BCUT2D eigenvalue weighted by molar-refractivity contribution is -0.117. The maximum absolute atomic E-state index is 12.5. The zero-order valence-electron chi connectivity index (χ0n) is 16.0. The molecular formula is C21H24N2O4. The highest BCUT2D eigenvalue weighted by Gasteiger charge is 2.19. The van der Waals surface area contributed by atoms with Crippen LogP contribution in [0.2, 0.25) is 0 Å². The minimum atomic E-state index is -0.146. The first kappa shape index (κ1) is 18.8. The van der Waals surface area contributed by atoms with Crippen LogP contribution in [0.3, 0.4) is 0 Å². The Morgan fingerprint density at radius 1 is 1.15 bits per heavy atom. The van der Waals surface area contributed by atoms with Crippen LogP contribution in [0.25, 0.3) is 11.0 Å². The average molecular weight is 368 g/mol. The summed E-state index contributed by atoms with van der Waals surface area (Å²) in [5.41, 5.74) is 1.42. The van der Waals surface area contributed by atoms with Crippen molar-refractivity contribution in [3.05, 3.63) is 54.3 Å². The molecule has 142 valence electrons. The van der Waals surface area contributed by atoms with Crippen LogP contribution in [0.5, 0.6) is 11.5 Å². The van der Waals surface area contributed by atoms with Crippen molar-refractivity contribution in [2.45, 2.75) is 13.0 Å². The Balaban J connectivity index is 1.68. The molecule has 6 heteroatoms. The summed E-state index contributed by atoms with van der Waals surface area (Å²) in [5.74, 6) is 1.91. The fourth-order valence-corrected chi connectivity index (χ4v) is 2.89. The number of ether oxygens (including phenoxy) is 2. The third-order valence-electron chi connectivity index (χ3n) is 4.59. The van der Waals surface area contributed by atoms with Crippen molar-refractivity contribution in [2.24, 2.45) is 0 Å². The Morgan fingerprint density at radius 3 is 2.63 bits per heavy atom. The first-order valence-corrected chi connectivity index (χ1v) is 8.72. The number of methoxy groups -OCH3 is 2. The molecule has 0 aliphatic rings. The molecule has 0 saturated carbocycles. The van der Waals surface area contributed by atoms with E-state index >= 15 is 0 Å². The van der Waals surface area contributed by atoms with Gasteiger partial charge in [0.2, 0.25) is 5.91 Å². The number of likely N-dealkylation sites (N-methyl/N-ethyl adjacent to an activating group) is 1. The number of nitrogens with one attached hydrogen (secondary N) is 1. The van der Waals surface area contributed by atoms with Gasteiger partial charge in [-0.25, -0.2) is 0 Å². The lowest BCUT2D eigenvalue weighted by Gasteiger charge is -2.22. The second-order valence-corrected chi connectivity index (χ2v) is 6.39. The van der Waals surface area contributed by atoms with Crippen molar-refractivity contribution in [2.75, 3.05) is 33.1 Å². The van der Waals surface area contributed by atoms with Crippen LogP contribution in [0.1, 0.15) is 18.7 Å². The van der Waals surface area contributed by atoms with Gasteiger partial charge in [0.1, 0.15) is 22.8 Å². The fraction of sp³-hybridized carbons (Fsp3) is 0.286. The summed E-state index contributed by atoms with van der Waals surface area (Å²) in [6.07, 6.45) is 0. The summed E-state index contributed by atoms with van der Waals surface area (Å²) in [6.45, 7) is 2.22. The van der Waals surface area contributed by atoms with Gasteiger partial charge in [0.15, 0.2) is 0 Å². The number of carbonyl (C=O) groups excluding carboxylic acids is 1. The summed E-state index contributed by atoms with van der Waals surface area (Å²) in [4.78, 5) is 14.4. The highest BCUT2D eigenvalue weighted by molar-refractivity contribution is 5.94.